The number of nitrogens with zero attached hydrogens (tertiary/aromatic N) is 2. The molecule has 0 aliphatic carbocycles. The number of esters is 1. The lowest BCUT2D eigenvalue weighted by molar-refractivity contribution is -0.144. The van der Waals surface area contributed by atoms with Crippen molar-refractivity contribution in [3.05, 3.63) is 0 Å². The standard InChI is InChI=1S/C14H28N2O2/c1-4-16(12-14(17)18-5-2)11-9-13-8-6-7-10-15(13)3/h13H,4-12H2,1-3H3. The van der Waals surface area contributed by atoms with Crippen molar-refractivity contribution >= 4 is 5.97 Å². The molecule has 1 rings (SSSR count). The first-order valence-electron chi connectivity index (χ1n) is 7.25. The molecule has 4 nitrogen and oxygen atoms in total. The summed E-state index contributed by atoms with van der Waals surface area (Å²) in [6.07, 6.45) is 5.13. The summed E-state index contributed by atoms with van der Waals surface area (Å²) >= 11 is 0. The van der Waals surface area contributed by atoms with Gasteiger partial charge in [-0.25, -0.2) is 0 Å². The van der Waals surface area contributed by atoms with Gasteiger partial charge < -0.3 is 9.64 Å². The third-order valence-electron chi connectivity index (χ3n) is 3.81. The second kappa shape index (κ2) is 8.48. The van der Waals surface area contributed by atoms with Crippen molar-refractivity contribution < 1.29 is 9.53 Å². The van der Waals surface area contributed by atoms with Gasteiger partial charge in [0.25, 0.3) is 0 Å². The maximum absolute atomic E-state index is 11.5. The van der Waals surface area contributed by atoms with Crippen molar-refractivity contribution in [1.82, 2.24) is 9.80 Å². The van der Waals surface area contributed by atoms with Crippen LogP contribution in [0.2, 0.25) is 0 Å². The summed E-state index contributed by atoms with van der Waals surface area (Å²) in [4.78, 5) is 16.1. The molecule has 18 heavy (non-hydrogen) atoms. The van der Waals surface area contributed by atoms with Crippen molar-refractivity contribution in [3.63, 3.8) is 0 Å². The first kappa shape index (κ1) is 15.4. The molecule has 0 aromatic carbocycles. The molecule has 0 amide bonds. The van der Waals surface area contributed by atoms with E-state index in [1.165, 1.54) is 25.8 Å². The third kappa shape index (κ3) is 5.36. The smallest absolute Gasteiger partial charge is 0.320 e. The Hall–Kier alpha value is -0.610. The van der Waals surface area contributed by atoms with Crippen LogP contribution in [0.3, 0.4) is 0 Å². The topological polar surface area (TPSA) is 32.8 Å². The molecule has 1 fully saturated rings. The van der Waals surface area contributed by atoms with Crippen LogP contribution in [0.4, 0.5) is 0 Å². The van der Waals surface area contributed by atoms with Crippen molar-refractivity contribution in [2.75, 3.05) is 39.8 Å². The van der Waals surface area contributed by atoms with Gasteiger partial charge in [0.15, 0.2) is 0 Å². The molecule has 1 atom stereocenters. The molecule has 4 heteroatoms. The molecule has 1 saturated heterocycles. The number of piperidine rings is 1. The van der Waals surface area contributed by atoms with Crippen molar-refractivity contribution in [1.29, 1.82) is 0 Å². The van der Waals surface area contributed by atoms with E-state index in [9.17, 15) is 4.79 Å². The van der Waals surface area contributed by atoms with Crippen LogP contribution in [0, 0.1) is 0 Å². The lowest BCUT2D eigenvalue weighted by atomic mass is 10.00. The predicted octanol–water partition coefficient (Wildman–Crippen LogP) is 1.75. The molecule has 0 aromatic heterocycles. The van der Waals surface area contributed by atoms with Crippen LogP contribution in [0.5, 0.6) is 0 Å². The molecule has 0 N–H and O–H groups in total. The summed E-state index contributed by atoms with van der Waals surface area (Å²) in [7, 11) is 2.21. The minimum Gasteiger partial charge on any atom is -0.465 e. The highest BCUT2D eigenvalue weighted by atomic mass is 16.5. The summed E-state index contributed by atoms with van der Waals surface area (Å²) in [5.41, 5.74) is 0. The average molecular weight is 256 g/mol. The van der Waals surface area contributed by atoms with E-state index in [0.717, 1.165) is 19.5 Å². The van der Waals surface area contributed by atoms with Crippen molar-refractivity contribution in [2.45, 2.75) is 45.6 Å². The van der Waals surface area contributed by atoms with E-state index < -0.39 is 0 Å². The monoisotopic (exact) mass is 256 g/mol. The number of carbonyl (C=O) groups excluding carboxylic acids is 1. The first-order chi connectivity index (χ1) is 8.67. The largest absolute Gasteiger partial charge is 0.465 e. The Bertz CT molecular complexity index is 246. The third-order valence-corrected chi connectivity index (χ3v) is 3.81. The summed E-state index contributed by atoms with van der Waals surface area (Å²) in [5, 5.41) is 0. The van der Waals surface area contributed by atoms with Gasteiger partial charge in [0.1, 0.15) is 0 Å². The summed E-state index contributed by atoms with van der Waals surface area (Å²) in [5.74, 6) is -0.101. The molecule has 0 bridgehead atoms. The molecule has 106 valence electrons. The highest BCUT2D eigenvalue weighted by molar-refractivity contribution is 5.71. The highest BCUT2D eigenvalue weighted by Crippen LogP contribution is 2.17. The van der Waals surface area contributed by atoms with Gasteiger partial charge in [-0.1, -0.05) is 13.3 Å². The van der Waals surface area contributed by atoms with Crippen LogP contribution in [-0.2, 0) is 9.53 Å². The van der Waals surface area contributed by atoms with E-state index in [1.807, 2.05) is 6.92 Å². The molecule has 1 heterocycles. The molecule has 1 aliphatic heterocycles. The maximum atomic E-state index is 11.5. The van der Waals surface area contributed by atoms with Gasteiger partial charge in [-0.15, -0.1) is 0 Å². The fourth-order valence-corrected chi connectivity index (χ4v) is 2.58. The number of hydrogen-bond donors (Lipinski definition) is 0. The predicted molar refractivity (Wildman–Crippen MR) is 73.6 cm³/mol. The zero-order valence-electron chi connectivity index (χ0n) is 12.2. The van der Waals surface area contributed by atoms with Gasteiger partial charge in [-0.2, -0.15) is 0 Å². The number of likely N-dealkylation sites (N-methyl/N-ethyl adjacent to an activating group) is 1. The molecule has 1 unspecified atom stereocenters. The van der Waals surface area contributed by atoms with Gasteiger partial charge in [0, 0.05) is 12.6 Å². The fourth-order valence-electron chi connectivity index (χ4n) is 2.58. The van der Waals surface area contributed by atoms with Crippen molar-refractivity contribution in [3.8, 4) is 0 Å². The van der Waals surface area contributed by atoms with Crippen LogP contribution in [0.1, 0.15) is 39.5 Å². The summed E-state index contributed by atoms with van der Waals surface area (Å²) in [6.45, 7) is 7.98. The minimum atomic E-state index is -0.101. The summed E-state index contributed by atoms with van der Waals surface area (Å²) < 4.78 is 5.00. The lowest BCUT2D eigenvalue weighted by Gasteiger charge is -2.33. The lowest BCUT2D eigenvalue weighted by Crippen LogP contribution is -2.40. The van der Waals surface area contributed by atoms with E-state index in [2.05, 4.69) is 23.8 Å². The second-order valence-corrected chi connectivity index (χ2v) is 5.09. The van der Waals surface area contributed by atoms with Gasteiger partial charge in [-0.3, -0.25) is 9.69 Å². The Morgan fingerprint density at radius 3 is 2.78 bits per heavy atom. The zero-order valence-corrected chi connectivity index (χ0v) is 12.2. The Kier molecular flexibility index (Phi) is 7.28. The van der Waals surface area contributed by atoms with Crippen LogP contribution >= 0.6 is 0 Å². The number of likely N-dealkylation sites (tertiary alicyclic amines) is 1. The second-order valence-electron chi connectivity index (χ2n) is 5.09. The maximum Gasteiger partial charge on any atom is 0.320 e. The Morgan fingerprint density at radius 1 is 1.39 bits per heavy atom. The quantitative estimate of drug-likeness (QED) is 0.650. The molecule has 0 saturated carbocycles. The Morgan fingerprint density at radius 2 is 2.17 bits per heavy atom. The minimum absolute atomic E-state index is 0.101. The van der Waals surface area contributed by atoms with Crippen LogP contribution in [-0.4, -0.2) is 61.6 Å². The Balaban J connectivity index is 2.27. The van der Waals surface area contributed by atoms with Crippen LogP contribution in [0.25, 0.3) is 0 Å². The van der Waals surface area contributed by atoms with E-state index in [-0.39, 0.29) is 5.97 Å². The van der Waals surface area contributed by atoms with Crippen molar-refractivity contribution in [2.24, 2.45) is 0 Å². The van der Waals surface area contributed by atoms with Gasteiger partial charge in [0.2, 0.25) is 0 Å². The molecule has 0 aromatic rings. The molecule has 1 aliphatic rings. The first-order valence-corrected chi connectivity index (χ1v) is 7.25. The normalized spacial score (nSPS) is 21.2. The average Bonchev–Trinajstić information content (AvgIpc) is 2.36. The van der Waals surface area contributed by atoms with E-state index >= 15 is 0 Å². The van der Waals surface area contributed by atoms with Crippen LogP contribution < -0.4 is 0 Å². The number of ether oxygens (including phenoxy) is 1. The number of hydrogen-bond acceptors (Lipinski definition) is 4. The Labute approximate surface area is 111 Å². The van der Waals surface area contributed by atoms with Crippen LogP contribution in [0.15, 0.2) is 0 Å². The molecule has 0 radical (unpaired) electrons. The summed E-state index contributed by atoms with van der Waals surface area (Å²) in [6, 6.07) is 0.690. The van der Waals surface area contributed by atoms with Gasteiger partial charge in [-0.05, 0) is 46.3 Å². The van der Waals surface area contributed by atoms with Gasteiger partial charge >= 0.3 is 5.97 Å². The molecule has 0 spiro atoms. The number of rotatable bonds is 7. The molecular weight excluding hydrogens is 228 g/mol. The number of carbonyl (C=O) groups is 1. The highest BCUT2D eigenvalue weighted by Gasteiger charge is 2.20. The van der Waals surface area contributed by atoms with E-state index in [0.29, 0.717) is 19.2 Å². The SMILES string of the molecule is CCOC(=O)CN(CC)CCC1CCCCN1C. The molecular formula is C14H28N2O2. The fraction of sp³-hybridized carbons (Fsp3) is 0.929. The van der Waals surface area contributed by atoms with E-state index in [4.69, 9.17) is 4.74 Å². The zero-order chi connectivity index (χ0) is 13.4. The van der Waals surface area contributed by atoms with Gasteiger partial charge in [0.05, 0.1) is 13.2 Å². The van der Waals surface area contributed by atoms with E-state index in [1.54, 1.807) is 0 Å².